The summed E-state index contributed by atoms with van der Waals surface area (Å²) >= 11 is 5.88. The van der Waals surface area contributed by atoms with Gasteiger partial charge in [0, 0.05) is 26.1 Å². The molecule has 1 amide bonds. The quantitative estimate of drug-likeness (QED) is 0.745. The zero-order valence-corrected chi connectivity index (χ0v) is 12.6. The molecule has 0 aromatic heterocycles. The molecular weight excluding hydrogens is 266 g/mol. The van der Waals surface area contributed by atoms with Crippen LogP contribution in [-0.4, -0.2) is 54.2 Å². The van der Waals surface area contributed by atoms with E-state index < -0.39 is 0 Å². The van der Waals surface area contributed by atoms with Gasteiger partial charge < -0.3 is 14.4 Å². The van der Waals surface area contributed by atoms with E-state index in [0.717, 1.165) is 25.9 Å². The molecule has 2 aliphatic heterocycles. The number of alkyl halides is 1. The highest BCUT2D eigenvalue weighted by molar-refractivity contribution is 6.18. The Bertz CT molecular complexity index is 316. The number of amides is 1. The Balaban J connectivity index is 1.83. The van der Waals surface area contributed by atoms with Crippen molar-refractivity contribution in [3.63, 3.8) is 0 Å². The Morgan fingerprint density at radius 2 is 2.21 bits per heavy atom. The minimum absolute atomic E-state index is 0.0582. The fraction of sp³-hybridized carbons (Fsp3) is 0.929. The van der Waals surface area contributed by atoms with Gasteiger partial charge in [-0.25, -0.2) is 0 Å². The average Bonchev–Trinajstić information content (AvgIpc) is 2.87. The number of carbonyl (C=O) groups is 1. The van der Waals surface area contributed by atoms with Crippen LogP contribution in [0.25, 0.3) is 0 Å². The van der Waals surface area contributed by atoms with Gasteiger partial charge in [0.25, 0.3) is 0 Å². The highest BCUT2D eigenvalue weighted by Crippen LogP contribution is 2.23. The number of halogens is 1. The molecule has 19 heavy (non-hydrogen) atoms. The minimum atomic E-state index is -0.308. The first-order valence-electron chi connectivity index (χ1n) is 7.13. The molecule has 0 radical (unpaired) electrons. The molecule has 0 saturated carbocycles. The molecule has 2 rings (SSSR count). The zero-order chi connectivity index (χ0) is 13.9. The van der Waals surface area contributed by atoms with Crippen LogP contribution in [-0.2, 0) is 14.3 Å². The van der Waals surface area contributed by atoms with Crippen molar-refractivity contribution in [2.75, 3.05) is 25.6 Å². The average molecular weight is 290 g/mol. The van der Waals surface area contributed by atoms with Gasteiger partial charge in [-0.3, -0.25) is 4.79 Å². The van der Waals surface area contributed by atoms with Crippen molar-refractivity contribution in [1.82, 2.24) is 4.90 Å². The van der Waals surface area contributed by atoms with E-state index in [-0.39, 0.29) is 23.7 Å². The van der Waals surface area contributed by atoms with Gasteiger partial charge in [0.1, 0.15) is 0 Å². The van der Waals surface area contributed by atoms with Gasteiger partial charge in [-0.15, -0.1) is 11.6 Å². The van der Waals surface area contributed by atoms with Crippen LogP contribution in [0, 0.1) is 0 Å². The number of carbonyl (C=O) groups excluding carboxylic acids is 1. The second-order valence-corrected chi connectivity index (χ2v) is 6.41. The monoisotopic (exact) mass is 289 g/mol. The Kier molecular flexibility index (Phi) is 5.09. The molecule has 0 spiro atoms. The summed E-state index contributed by atoms with van der Waals surface area (Å²) in [7, 11) is 0. The van der Waals surface area contributed by atoms with Crippen LogP contribution in [0.4, 0.5) is 0 Å². The van der Waals surface area contributed by atoms with Crippen LogP contribution >= 0.6 is 11.6 Å². The number of ether oxygens (including phenoxy) is 2. The van der Waals surface area contributed by atoms with Crippen LogP contribution < -0.4 is 0 Å². The predicted octanol–water partition coefficient (Wildman–Crippen LogP) is 2.19. The van der Waals surface area contributed by atoms with E-state index in [1.165, 1.54) is 0 Å². The molecule has 0 bridgehead atoms. The van der Waals surface area contributed by atoms with E-state index in [1.807, 2.05) is 18.7 Å². The van der Waals surface area contributed by atoms with Crippen LogP contribution in [0.5, 0.6) is 0 Å². The summed E-state index contributed by atoms with van der Waals surface area (Å²) in [5.41, 5.74) is -0.308. The van der Waals surface area contributed by atoms with E-state index in [2.05, 4.69) is 0 Å². The summed E-state index contributed by atoms with van der Waals surface area (Å²) in [6.07, 6.45) is 3.83. The normalized spacial score (nSPS) is 30.6. The van der Waals surface area contributed by atoms with Crippen molar-refractivity contribution in [2.45, 2.75) is 57.3 Å². The molecule has 2 atom stereocenters. The summed E-state index contributed by atoms with van der Waals surface area (Å²) in [6, 6.07) is 0. The summed E-state index contributed by atoms with van der Waals surface area (Å²) in [5.74, 6) is 0.626. The summed E-state index contributed by atoms with van der Waals surface area (Å²) in [4.78, 5) is 14.2. The molecule has 0 aromatic rings. The van der Waals surface area contributed by atoms with Crippen LogP contribution in [0.3, 0.4) is 0 Å². The fourth-order valence-electron chi connectivity index (χ4n) is 2.88. The third-order valence-electron chi connectivity index (χ3n) is 3.71. The molecule has 110 valence electrons. The SMILES string of the molecule is CC1(C)CN(C(=O)CCC2CCCO2)CC(CCl)O1. The van der Waals surface area contributed by atoms with Crippen molar-refractivity contribution in [1.29, 1.82) is 0 Å². The lowest BCUT2D eigenvalue weighted by atomic mass is 10.0. The lowest BCUT2D eigenvalue weighted by Gasteiger charge is -2.42. The third-order valence-corrected chi connectivity index (χ3v) is 4.05. The van der Waals surface area contributed by atoms with Crippen LogP contribution in [0.1, 0.15) is 39.5 Å². The maximum atomic E-state index is 12.3. The van der Waals surface area contributed by atoms with E-state index in [4.69, 9.17) is 21.1 Å². The van der Waals surface area contributed by atoms with Gasteiger partial charge in [-0.2, -0.15) is 0 Å². The summed E-state index contributed by atoms with van der Waals surface area (Å²) in [5, 5.41) is 0. The molecule has 0 aromatic carbocycles. The van der Waals surface area contributed by atoms with Crippen molar-refractivity contribution >= 4 is 17.5 Å². The van der Waals surface area contributed by atoms with E-state index in [1.54, 1.807) is 0 Å². The first-order chi connectivity index (χ1) is 9.00. The first-order valence-corrected chi connectivity index (χ1v) is 7.67. The van der Waals surface area contributed by atoms with Gasteiger partial charge in [0.05, 0.1) is 23.7 Å². The highest BCUT2D eigenvalue weighted by Gasteiger charge is 2.35. The zero-order valence-electron chi connectivity index (χ0n) is 11.9. The van der Waals surface area contributed by atoms with Gasteiger partial charge >= 0.3 is 0 Å². The number of nitrogens with zero attached hydrogens (tertiary/aromatic N) is 1. The van der Waals surface area contributed by atoms with Crippen molar-refractivity contribution in [2.24, 2.45) is 0 Å². The summed E-state index contributed by atoms with van der Waals surface area (Å²) < 4.78 is 11.4. The molecule has 2 heterocycles. The highest BCUT2D eigenvalue weighted by atomic mass is 35.5. The topological polar surface area (TPSA) is 38.8 Å². The molecule has 2 aliphatic rings. The van der Waals surface area contributed by atoms with Crippen LogP contribution in [0.15, 0.2) is 0 Å². The van der Waals surface area contributed by atoms with Gasteiger partial charge in [0.2, 0.25) is 5.91 Å². The Morgan fingerprint density at radius 1 is 1.42 bits per heavy atom. The summed E-state index contributed by atoms with van der Waals surface area (Å²) in [6.45, 7) is 6.11. The Labute approximate surface area is 120 Å². The molecule has 0 N–H and O–H groups in total. The number of hydrogen-bond donors (Lipinski definition) is 0. The van der Waals surface area contributed by atoms with Crippen molar-refractivity contribution < 1.29 is 14.3 Å². The molecule has 4 nitrogen and oxygen atoms in total. The van der Waals surface area contributed by atoms with Gasteiger partial charge in [-0.1, -0.05) is 0 Å². The van der Waals surface area contributed by atoms with Gasteiger partial charge in [0.15, 0.2) is 0 Å². The molecular formula is C14H24ClNO3. The van der Waals surface area contributed by atoms with Crippen LogP contribution in [0.2, 0.25) is 0 Å². The number of morpholine rings is 1. The smallest absolute Gasteiger partial charge is 0.222 e. The second-order valence-electron chi connectivity index (χ2n) is 6.10. The van der Waals surface area contributed by atoms with E-state index in [9.17, 15) is 4.79 Å². The van der Waals surface area contributed by atoms with E-state index in [0.29, 0.717) is 25.4 Å². The number of hydrogen-bond acceptors (Lipinski definition) is 3. The predicted molar refractivity (Wildman–Crippen MR) is 74.5 cm³/mol. The molecule has 2 unspecified atom stereocenters. The second kappa shape index (κ2) is 6.42. The molecule has 2 fully saturated rings. The van der Waals surface area contributed by atoms with E-state index >= 15 is 0 Å². The maximum Gasteiger partial charge on any atom is 0.222 e. The van der Waals surface area contributed by atoms with Crippen molar-refractivity contribution in [3.05, 3.63) is 0 Å². The minimum Gasteiger partial charge on any atom is -0.378 e. The Hall–Kier alpha value is -0.320. The molecule has 5 heteroatoms. The standard InChI is InChI=1S/C14H24ClNO3/c1-14(2)10-16(9-12(8-15)19-14)13(17)6-5-11-4-3-7-18-11/h11-12H,3-10H2,1-2H3. The third kappa shape index (κ3) is 4.33. The Morgan fingerprint density at radius 3 is 2.84 bits per heavy atom. The fourth-order valence-corrected chi connectivity index (χ4v) is 3.04. The molecule has 2 saturated heterocycles. The van der Waals surface area contributed by atoms with Crippen molar-refractivity contribution in [3.8, 4) is 0 Å². The van der Waals surface area contributed by atoms with Gasteiger partial charge in [-0.05, 0) is 33.1 Å². The largest absolute Gasteiger partial charge is 0.378 e. The first kappa shape index (κ1) is 15.1. The lowest BCUT2D eigenvalue weighted by molar-refractivity contribution is -0.158. The molecule has 0 aliphatic carbocycles. The maximum absolute atomic E-state index is 12.3. The lowest BCUT2D eigenvalue weighted by Crippen LogP contribution is -2.55. The number of rotatable bonds is 4.